The van der Waals surface area contributed by atoms with E-state index in [-0.39, 0.29) is 12.5 Å². The molecule has 180 valence electrons. The number of nitrogens with zero attached hydrogens (tertiary/aromatic N) is 4. The van der Waals surface area contributed by atoms with Crippen LogP contribution < -0.4 is 10.1 Å². The van der Waals surface area contributed by atoms with Crippen molar-refractivity contribution in [2.45, 2.75) is 13.8 Å². The second-order valence-electron chi connectivity index (χ2n) is 8.13. The second kappa shape index (κ2) is 10.3. The standard InChI is InChI=1S/C27H22ClN5O2S/c1-17-7-6-10-23(18(17)2)35-16-24(34)29-27-31-30-26(36-27)22-15-33(21-8-4-3-5-9-21)32-25(22)19-11-13-20(28)14-12-19/h3-15H,16H2,1-2H3,(H,29,31,34). The van der Waals surface area contributed by atoms with E-state index < -0.39 is 0 Å². The number of carbonyl (C=O) groups is 1. The predicted octanol–water partition coefficient (Wildman–Crippen LogP) is 6.35. The van der Waals surface area contributed by atoms with Crippen LogP contribution in [-0.2, 0) is 4.79 Å². The zero-order chi connectivity index (χ0) is 25.1. The maximum atomic E-state index is 12.5. The number of anilines is 1. The number of carbonyl (C=O) groups excluding carboxylic acids is 1. The molecule has 1 N–H and O–H groups in total. The van der Waals surface area contributed by atoms with Crippen LogP contribution >= 0.6 is 22.9 Å². The number of benzene rings is 3. The number of halogens is 1. The van der Waals surface area contributed by atoms with Gasteiger partial charge in [-0.05, 0) is 55.3 Å². The molecule has 1 amide bonds. The number of hydrogen-bond donors (Lipinski definition) is 1. The highest BCUT2D eigenvalue weighted by molar-refractivity contribution is 7.18. The van der Waals surface area contributed by atoms with Crippen LogP contribution in [0.2, 0.25) is 5.02 Å². The summed E-state index contributed by atoms with van der Waals surface area (Å²) in [5.74, 6) is 0.376. The molecule has 0 bridgehead atoms. The van der Waals surface area contributed by atoms with E-state index in [0.717, 1.165) is 33.6 Å². The Bertz CT molecular complexity index is 1510. The van der Waals surface area contributed by atoms with Gasteiger partial charge in [-0.3, -0.25) is 10.1 Å². The van der Waals surface area contributed by atoms with E-state index in [1.165, 1.54) is 11.3 Å². The number of aromatic nitrogens is 4. The van der Waals surface area contributed by atoms with E-state index in [9.17, 15) is 4.79 Å². The molecule has 0 aliphatic carbocycles. The van der Waals surface area contributed by atoms with Crippen molar-refractivity contribution in [3.05, 3.63) is 95.1 Å². The van der Waals surface area contributed by atoms with Crippen molar-refractivity contribution >= 4 is 34.0 Å². The summed E-state index contributed by atoms with van der Waals surface area (Å²) in [5.41, 5.74) is 5.46. The number of hydrogen-bond acceptors (Lipinski definition) is 6. The van der Waals surface area contributed by atoms with Gasteiger partial charge in [0.05, 0.1) is 11.3 Å². The summed E-state index contributed by atoms with van der Waals surface area (Å²) in [6, 6.07) is 23.1. The normalized spacial score (nSPS) is 10.9. The summed E-state index contributed by atoms with van der Waals surface area (Å²) < 4.78 is 7.50. The van der Waals surface area contributed by atoms with Gasteiger partial charge in [0.2, 0.25) is 5.13 Å². The molecule has 5 rings (SSSR count). The molecule has 2 aromatic heterocycles. The molecule has 0 spiro atoms. The zero-order valence-corrected chi connectivity index (χ0v) is 21.2. The van der Waals surface area contributed by atoms with Crippen molar-refractivity contribution in [1.82, 2.24) is 20.0 Å². The first-order valence-corrected chi connectivity index (χ1v) is 12.4. The summed E-state index contributed by atoms with van der Waals surface area (Å²) in [5, 5.41) is 17.7. The molecule has 0 aliphatic heterocycles. The maximum absolute atomic E-state index is 12.5. The SMILES string of the molecule is Cc1cccc(OCC(=O)Nc2nnc(-c3cn(-c4ccccc4)nc3-c3ccc(Cl)cc3)s2)c1C. The van der Waals surface area contributed by atoms with Crippen LogP contribution in [0.3, 0.4) is 0 Å². The van der Waals surface area contributed by atoms with E-state index in [1.807, 2.05) is 92.8 Å². The third-order valence-corrected chi connectivity index (χ3v) is 6.79. The number of rotatable bonds is 7. The van der Waals surface area contributed by atoms with Crippen molar-refractivity contribution in [1.29, 1.82) is 0 Å². The molecule has 0 unspecified atom stereocenters. The highest BCUT2D eigenvalue weighted by Crippen LogP contribution is 2.35. The monoisotopic (exact) mass is 515 g/mol. The molecule has 0 saturated carbocycles. The lowest BCUT2D eigenvalue weighted by molar-refractivity contribution is -0.118. The molecule has 5 aromatic rings. The number of ether oxygens (including phenoxy) is 1. The van der Waals surface area contributed by atoms with E-state index in [4.69, 9.17) is 21.4 Å². The molecular formula is C27H22ClN5O2S. The lowest BCUT2D eigenvalue weighted by atomic mass is 10.1. The smallest absolute Gasteiger partial charge is 0.264 e. The van der Waals surface area contributed by atoms with E-state index in [2.05, 4.69) is 15.5 Å². The molecule has 7 nitrogen and oxygen atoms in total. The third-order valence-electron chi connectivity index (χ3n) is 5.67. The van der Waals surface area contributed by atoms with Crippen LogP contribution in [0.15, 0.2) is 79.0 Å². The van der Waals surface area contributed by atoms with Crippen molar-refractivity contribution in [2.75, 3.05) is 11.9 Å². The quantitative estimate of drug-likeness (QED) is 0.273. The molecule has 0 saturated heterocycles. The first-order chi connectivity index (χ1) is 17.5. The van der Waals surface area contributed by atoms with Gasteiger partial charge in [0, 0.05) is 16.8 Å². The predicted molar refractivity (Wildman–Crippen MR) is 143 cm³/mol. The number of para-hydroxylation sites is 1. The number of nitrogens with one attached hydrogen (secondary N) is 1. The minimum atomic E-state index is -0.309. The molecular weight excluding hydrogens is 494 g/mol. The van der Waals surface area contributed by atoms with Gasteiger partial charge in [-0.2, -0.15) is 5.10 Å². The largest absolute Gasteiger partial charge is 0.483 e. The Morgan fingerprint density at radius 2 is 1.78 bits per heavy atom. The first-order valence-electron chi connectivity index (χ1n) is 11.2. The first kappa shape index (κ1) is 23.7. The Hall–Kier alpha value is -4.01. The molecule has 0 radical (unpaired) electrons. The number of amides is 1. The van der Waals surface area contributed by atoms with Crippen LogP contribution in [0.4, 0.5) is 5.13 Å². The van der Waals surface area contributed by atoms with Gasteiger partial charge in [0.15, 0.2) is 11.6 Å². The van der Waals surface area contributed by atoms with E-state index >= 15 is 0 Å². The van der Waals surface area contributed by atoms with Gasteiger partial charge >= 0.3 is 0 Å². The number of aryl methyl sites for hydroxylation is 1. The Balaban J connectivity index is 1.38. The molecule has 36 heavy (non-hydrogen) atoms. The van der Waals surface area contributed by atoms with Crippen LogP contribution in [0.5, 0.6) is 5.75 Å². The Morgan fingerprint density at radius 3 is 2.56 bits per heavy atom. The Labute approximate surface area is 217 Å². The highest BCUT2D eigenvalue weighted by Gasteiger charge is 2.19. The molecule has 0 atom stereocenters. The molecule has 9 heteroatoms. The minimum Gasteiger partial charge on any atom is -0.483 e. The van der Waals surface area contributed by atoms with E-state index in [1.54, 1.807) is 4.68 Å². The summed E-state index contributed by atoms with van der Waals surface area (Å²) in [6.45, 7) is 3.85. The van der Waals surface area contributed by atoms with Gasteiger partial charge < -0.3 is 4.74 Å². The van der Waals surface area contributed by atoms with E-state index in [0.29, 0.717) is 20.9 Å². The highest BCUT2D eigenvalue weighted by atomic mass is 35.5. The molecule has 0 aliphatic rings. The molecule has 0 fully saturated rings. The Kier molecular flexibility index (Phi) is 6.79. The lowest BCUT2D eigenvalue weighted by Crippen LogP contribution is -2.20. The summed E-state index contributed by atoms with van der Waals surface area (Å²) in [7, 11) is 0. The van der Waals surface area contributed by atoms with Crippen molar-refractivity contribution < 1.29 is 9.53 Å². The van der Waals surface area contributed by atoms with Crippen molar-refractivity contribution in [2.24, 2.45) is 0 Å². The summed E-state index contributed by atoms with van der Waals surface area (Å²) in [6.07, 6.45) is 1.91. The van der Waals surface area contributed by atoms with Gasteiger partial charge in [-0.15, -0.1) is 10.2 Å². The molecule has 2 heterocycles. The topological polar surface area (TPSA) is 81.9 Å². The van der Waals surface area contributed by atoms with Gasteiger partial charge in [0.25, 0.3) is 5.91 Å². The Morgan fingerprint density at radius 1 is 1.00 bits per heavy atom. The van der Waals surface area contributed by atoms with Crippen molar-refractivity contribution in [3.63, 3.8) is 0 Å². The fourth-order valence-corrected chi connectivity index (χ4v) is 4.52. The van der Waals surface area contributed by atoms with Gasteiger partial charge in [0.1, 0.15) is 11.4 Å². The van der Waals surface area contributed by atoms with Gasteiger partial charge in [-0.1, -0.05) is 65.4 Å². The minimum absolute atomic E-state index is 0.124. The van der Waals surface area contributed by atoms with Crippen LogP contribution in [-0.4, -0.2) is 32.5 Å². The fourth-order valence-electron chi connectivity index (χ4n) is 3.63. The molecule has 3 aromatic carbocycles. The summed E-state index contributed by atoms with van der Waals surface area (Å²) >= 11 is 7.37. The zero-order valence-electron chi connectivity index (χ0n) is 19.6. The average molecular weight is 516 g/mol. The average Bonchev–Trinajstić information content (AvgIpc) is 3.53. The third kappa shape index (κ3) is 5.15. The summed E-state index contributed by atoms with van der Waals surface area (Å²) in [4.78, 5) is 12.5. The van der Waals surface area contributed by atoms with Crippen LogP contribution in [0, 0.1) is 13.8 Å². The lowest BCUT2D eigenvalue weighted by Gasteiger charge is -2.10. The van der Waals surface area contributed by atoms with Crippen molar-refractivity contribution in [3.8, 4) is 33.3 Å². The maximum Gasteiger partial charge on any atom is 0.264 e. The van der Waals surface area contributed by atoms with Gasteiger partial charge in [-0.25, -0.2) is 4.68 Å². The van der Waals surface area contributed by atoms with Crippen LogP contribution in [0.25, 0.3) is 27.5 Å². The van der Waals surface area contributed by atoms with Crippen LogP contribution in [0.1, 0.15) is 11.1 Å². The second-order valence-corrected chi connectivity index (χ2v) is 9.54. The fraction of sp³-hybridized carbons (Fsp3) is 0.111.